The highest BCUT2D eigenvalue weighted by atomic mass is 16.3. The number of nitrogens with zero attached hydrogens (tertiary/aromatic N) is 1. The smallest absolute Gasteiger partial charge is 0.138 e. The summed E-state index contributed by atoms with van der Waals surface area (Å²) in [6, 6.07) is 39.4. The number of rotatable bonds is 3. The van der Waals surface area contributed by atoms with E-state index in [4.69, 9.17) is 4.42 Å². The first kappa shape index (κ1) is 31.9. The first-order valence-electron chi connectivity index (χ1n) is 18.4. The lowest BCUT2D eigenvalue weighted by Gasteiger charge is -2.30. The lowest BCUT2D eigenvalue weighted by Crippen LogP contribution is -2.19. The molecule has 2 aliphatic rings. The summed E-state index contributed by atoms with van der Waals surface area (Å²) >= 11 is 0. The van der Waals surface area contributed by atoms with Crippen LogP contribution in [0, 0.1) is 20.8 Å². The minimum absolute atomic E-state index is 0.0909. The van der Waals surface area contributed by atoms with E-state index in [-0.39, 0.29) is 16.2 Å². The molecule has 1 aromatic heterocycles. The molecule has 0 bridgehead atoms. The van der Waals surface area contributed by atoms with Gasteiger partial charge in [-0.2, -0.15) is 0 Å². The maximum absolute atomic E-state index is 6.55. The number of aryl methyl sites for hydroxylation is 3. The molecule has 2 aliphatic carbocycles. The minimum Gasteiger partial charge on any atom is -0.456 e. The number of hydrogen-bond acceptors (Lipinski definition) is 2. The first-order valence-corrected chi connectivity index (χ1v) is 18.4. The monoisotopic (exact) mass is 665 g/mol. The lowest BCUT2D eigenvalue weighted by molar-refractivity contribution is 0.584. The Morgan fingerprint density at radius 2 is 1.10 bits per heavy atom. The average molecular weight is 666 g/mol. The molecule has 7 aromatic rings. The van der Waals surface area contributed by atoms with Gasteiger partial charge in [-0.3, -0.25) is 0 Å². The maximum atomic E-state index is 6.55. The Morgan fingerprint density at radius 1 is 0.529 bits per heavy atom. The quantitative estimate of drug-likeness (QED) is 0.187. The second kappa shape index (κ2) is 10.5. The van der Waals surface area contributed by atoms with E-state index in [1.165, 1.54) is 72.0 Å². The van der Waals surface area contributed by atoms with Crippen LogP contribution in [0.2, 0.25) is 0 Å². The third-order valence-electron chi connectivity index (χ3n) is 12.1. The van der Waals surface area contributed by atoms with Crippen LogP contribution in [0.25, 0.3) is 44.2 Å². The number of fused-ring (bicyclic) bond motifs is 9. The molecule has 0 N–H and O–H groups in total. The van der Waals surface area contributed by atoms with Crippen molar-refractivity contribution < 1.29 is 4.42 Å². The van der Waals surface area contributed by atoms with Gasteiger partial charge in [-0.15, -0.1) is 0 Å². The molecule has 0 saturated heterocycles. The molecule has 6 aromatic carbocycles. The molecule has 0 unspecified atom stereocenters. The number of furan rings is 1. The van der Waals surface area contributed by atoms with Gasteiger partial charge in [-0.1, -0.05) is 109 Å². The Kier molecular flexibility index (Phi) is 6.55. The van der Waals surface area contributed by atoms with Crippen molar-refractivity contribution in [3.63, 3.8) is 0 Å². The standard InChI is InChI=1S/C49H47NO/c1-28-21-29(2)45-39-25-34(23-30(3)46(39)51-44(45)22-28)50(32-16-19-37-35-13-11-12-14-40(35)48(7,8)42(37)26-32)33-17-20-38-36-18-15-31(47(4,5)6)24-41(36)49(9,10)43(38)27-33/h11-27H,1-10H3. The molecular formula is C49H47NO. The van der Waals surface area contributed by atoms with E-state index in [2.05, 4.69) is 177 Å². The Bertz CT molecular complexity index is 2600. The van der Waals surface area contributed by atoms with Crippen molar-refractivity contribution in [2.45, 2.75) is 85.5 Å². The third-order valence-corrected chi connectivity index (χ3v) is 12.1. The van der Waals surface area contributed by atoms with Crippen molar-refractivity contribution in [3.05, 3.63) is 148 Å². The summed E-state index contributed by atoms with van der Waals surface area (Å²) in [5, 5.41) is 2.37. The van der Waals surface area contributed by atoms with E-state index in [1.807, 2.05) is 0 Å². The maximum Gasteiger partial charge on any atom is 0.138 e. The molecule has 0 amide bonds. The molecule has 9 rings (SSSR count). The molecule has 1 heterocycles. The fraction of sp³-hybridized carbons (Fsp3) is 0.265. The van der Waals surface area contributed by atoms with Crippen LogP contribution in [0.1, 0.15) is 93.0 Å². The number of anilines is 3. The van der Waals surface area contributed by atoms with Crippen molar-refractivity contribution in [2.24, 2.45) is 0 Å². The van der Waals surface area contributed by atoms with Crippen LogP contribution in [-0.2, 0) is 16.2 Å². The Morgan fingerprint density at radius 3 is 1.75 bits per heavy atom. The van der Waals surface area contributed by atoms with Gasteiger partial charge >= 0.3 is 0 Å². The summed E-state index contributed by atoms with van der Waals surface area (Å²) in [6.45, 7) is 23.0. The van der Waals surface area contributed by atoms with Crippen LogP contribution in [0.3, 0.4) is 0 Å². The average Bonchev–Trinajstić information content (AvgIpc) is 3.64. The fourth-order valence-corrected chi connectivity index (χ4v) is 9.28. The second-order valence-corrected chi connectivity index (χ2v) is 17.3. The Hall–Kier alpha value is -5.08. The van der Waals surface area contributed by atoms with Crippen LogP contribution in [0.5, 0.6) is 0 Å². The first-order chi connectivity index (χ1) is 24.1. The summed E-state index contributed by atoms with van der Waals surface area (Å²) < 4.78 is 6.55. The molecule has 2 heteroatoms. The van der Waals surface area contributed by atoms with Crippen LogP contribution < -0.4 is 4.90 Å². The van der Waals surface area contributed by atoms with Gasteiger partial charge in [0, 0.05) is 38.7 Å². The third kappa shape index (κ3) is 4.55. The zero-order chi connectivity index (χ0) is 35.8. The molecule has 0 fully saturated rings. The molecule has 0 aliphatic heterocycles. The topological polar surface area (TPSA) is 16.4 Å². The molecular weight excluding hydrogens is 619 g/mol. The van der Waals surface area contributed by atoms with Gasteiger partial charge in [0.25, 0.3) is 0 Å². The van der Waals surface area contributed by atoms with E-state index in [1.54, 1.807) is 0 Å². The molecule has 2 nitrogen and oxygen atoms in total. The summed E-state index contributed by atoms with van der Waals surface area (Å²) in [6.07, 6.45) is 0. The highest BCUT2D eigenvalue weighted by Gasteiger charge is 2.38. The molecule has 0 saturated carbocycles. The van der Waals surface area contributed by atoms with Crippen molar-refractivity contribution in [2.75, 3.05) is 4.90 Å². The highest BCUT2D eigenvalue weighted by Crippen LogP contribution is 2.54. The fourth-order valence-electron chi connectivity index (χ4n) is 9.28. The SMILES string of the molecule is Cc1cc(C)c2c(c1)oc1c(C)cc(N(c3ccc4c(c3)C(C)(C)c3ccccc3-4)c3ccc4c(c3)C(C)(C)c3cc(C(C)(C)C)ccc3-4)cc12. The van der Waals surface area contributed by atoms with Gasteiger partial charge in [0.1, 0.15) is 11.2 Å². The number of benzene rings is 6. The van der Waals surface area contributed by atoms with Crippen molar-refractivity contribution >= 4 is 39.0 Å². The minimum atomic E-state index is -0.134. The van der Waals surface area contributed by atoms with Gasteiger partial charge in [0.05, 0.1) is 0 Å². The van der Waals surface area contributed by atoms with E-state index in [0.29, 0.717) is 0 Å². The van der Waals surface area contributed by atoms with Crippen LogP contribution in [-0.4, -0.2) is 0 Å². The Labute approximate surface area is 302 Å². The van der Waals surface area contributed by atoms with Gasteiger partial charge in [0.15, 0.2) is 0 Å². The van der Waals surface area contributed by atoms with Gasteiger partial charge < -0.3 is 9.32 Å². The molecule has 0 radical (unpaired) electrons. The molecule has 51 heavy (non-hydrogen) atoms. The van der Waals surface area contributed by atoms with Crippen LogP contribution in [0.15, 0.2) is 108 Å². The number of hydrogen-bond donors (Lipinski definition) is 0. The normalized spacial score (nSPS) is 15.2. The largest absolute Gasteiger partial charge is 0.456 e. The zero-order valence-corrected chi connectivity index (χ0v) is 31.7. The van der Waals surface area contributed by atoms with Gasteiger partial charge in [-0.25, -0.2) is 0 Å². The van der Waals surface area contributed by atoms with E-state index < -0.39 is 0 Å². The predicted octanol–water partition coefficient (Wildman–Crippen LogP) is 13.9. The molecule has 254 valence electrons. The van der Waals surface area contributed by atoms with Crippen molar-refractivity contribution in [1.82, 2.24) is 0 Å². The Balaban J connectivity index is 1.28. The summed E-state index contributed by atoms with van der Waals surface area (Å²) in [5.74, 6) is 0. The summed E-state index contributed by atoms with van der Waals surface area (Å²) in [5.41, 5.74) is 21.1. The van der Waals surface area contributed by atoms with Gasteiger partial charge in [0.2, 0.25) is 0 Å². The lowest BCUT2D eigenvalue weighted by atomic mass is 9.79. The van der Waals surface area contributed by atoms with Crippen LogP contribution in [0.4, 0.5) is 17.1 Å². The van der Waals surface area contributed by atoms with E-state index in [0.717, 1.165) is 33.8 Å². The van der Waals surface area contributed by atoms with Crippen LogP contribution >= 0.6 is 0 Å². The summed E-state index contributed by atoms with van der Waals surface area (Å²) in [7, 11) is 0. The van der Waals surface area contributed by atoms with Crippen molar-refractivity contribution in [1.29, 1.82) is 0 Å². The molecule has 0 spiro atoms. The zero-order valence-electron chi connectivity index (χ0n) is 31.7. The highest BCUT2D eigenvalue weighted by molar-refractivity contribution is 6.09. The van der Waals surface area contributed by atoms with E-state index >= 15 is 0 Å². The van der Waals surface area contributed by atoms with Crippen molar-refractivity contribution in [3.8, 4) is 22.3 Å². The summed E-state index contributed by atoms with van der Waals surface area (Å²) in [4.78, 5) is 2.48. The van der Waals surface area contributed by atoms with Gasteiger partial charge in [-0.05, 0) is 135 Å². The second-order valence-electron chi connectivity index (χ2n) is 17.3. The molecule has 0 atom stereocenters. The predicted molar refractivity (Wildman–Crippen MR) is 216 cm³/mol. The van der Waals surface area contributed by atoms with E-state index in [9.17, 15) is 0 Å².